The molecule has 1 aromatic rings. The number of hydrogen-bond donors (Lipinski definition) is 2. The highest BCUT2D eigenvalue weighted by Crippen LogP contribution is 2.19. The molecule has 0 bridgehead atoms. The van der Waals surface area contributed by atoms with Crippen LogP contribution in [-0.2, 0) is 0 Å². The van der Waals surface area contributed by atoms with E-state index in [0.29, 0.717) is 0 Å². The quantitative estimate of drug-likeness (QED) is 0.859. The molecule has 5 heteroatoms. The molecule has 1 heterocycles. The van der Waals surface area contributed by atoms with Crippen LogP contribution in [0.25, 0.3) is 0 Å². The molecule has 0 saturated heterocycles. The standard InChI is InChI=1S/C14H24N2O3/c1-6-9(2)10-7-11(19-16-10)13(18)15-8-12(17)14(3,4)5/h7,9,12,17H,6,8H2,1-5H3,(H,15,18). The second-order valence-electron chi connectivity index (χ2n) is 6.02. The topological polar surface area (TPSA) is 75.4 Å². The molecule has 1 aromatic heterocycles. The third kappa shape index (κ3) is 4.35. The lowest BCUT2D eigenvalue weighted by Gasteiger charge is -2.25. The van der Waals surface area contributed by atoms with Gasteiger partial charge in [0.2, 0.25) is 5.76 Å². The smallest absolute Gasteiger partial charge is 0.289 e. The van der Waals surface area contributed by atoms with Gasteiger partial charge in [-0.2, -0.15) is 0 Å². The molecule has 0 fully saturated rings. The molecule has 2 unspecified atom stereocenters. The van der Waals surface area contributed by atoms with Gasteiger partial charge in [-0.1, -0.05) is 39.8 Å². The lowest BCUT2D eigenvalue weighted by atomic mass is 9.89. The number of carbonyl (C=O) groups excluding carboxylic acids is 1. The molecule has 1 rings (SSSR count). The molecule has 0 aromatic carbocycles. The molecule has 1 amide bonds. The summed E-state index contributed by atoms with van der Waals surface area (Å²) < 4.78 is 5.02. The van der Waals surface area contributed by atoms with Crippen molar-refractivity contribution in [1.29, 1.82) is 0 Å². The minimum Gasteiger partial charge on any atom is -0.391 e. The van der Waals surface area contributed by atoms with E-state index in [1.807, 2.05) is 27.7 Å². The number of aliphatic hydroxyl groups is 1. The zero-order valence-corrected chi connectivity index (χ0v) is 12.4. The van der Waals surface area contributed by atoms with Crippen molar-refractivity contribution < 1.29 is 14.4 Å². The zero-order chi connectivity index (χ0) is 14.6. The van der Waals surface area contributed by atoms with Crippen LogP contribution in [0.1, 0.15) is 63.2 Å². The van der Waals surface area contributed by atoms with Gasteiger partial charge in [0.05, 0.1) is 11.8 Å². The highest BCUT2D eigenvalue weighted by Gasteiger charge is 2.23. The number of rotatable bonds is 5. The van der Waals surface area contributed by atoms with Crippen molar-refractivity contribution in [2.45, 2.75) is 53.1 Å². The van der Waals surface area contributed by atoms with Gasteiger partial charge in [0.1, 0.15) is 0 Å². The van der Waals surface area contributed by atoms with Gasteiger partial charge in [0.25, 0.3) is 5.91 Å². The second kappa shape index (κ2) is 6.19. The summed E-state index contributed by atoms with van der Waals surface area (Å²) in [5.41, 5.74) is 0.514. The molecule has 0 spiro atoms. The van der Waals surface area contributed by atoms with E-state index in [9.17, 15) is 9.90 Å². The van der Waals surface area contributed by atoms with Gasteiger partial charge in [-0.3, -0.25) is 4.79 Å². The van der Waals surface area contributed by atoms with Crippen molar-refractivity contribution in [3.05, 3.63) is 17.5 Å². The Labute approximate surface area is 114 Å². The van der Waals surface area contributed by atoms with Crippen molar-refractivity contribution in [2.24, 2.45) is 5.41 Å². The molecule has 0 radical (unpaired) electrons. The Morgan fingerprint density at radius 1 is 1.53 bits per heavy atom. The third-order valence-electron chi connectivity index (χ3n) is 3.33. The maximum atomic E-state index is 11.8. The summed E-state index contributed by atoms with van der Waals surface area (Å²) in [5, 5.41) is 16.4. The number of carbonyl (C=O) groups is 1. The summed E-state index contributed by atoms with van der Waals surface area (Å²) in [6, 6.07) is 1.66. The van der Waals surface area contributed by atoms with E-state index in [0.717, 1.165) is 12.1 Å². The van der Waals surface area contributed by atoms with Crippen LogP contribution in [0.4, 0.5) is 0 Å². The fourth-order valence-corrected chi connectivity index (χ4v) is 1.42. The Balaban J connectivity index is 2.57. The maximum Gasteiger partial charge on any atom is 0.289 e. The SMILES string of the molecule is CCC(C)c1cc(C(=O)NCC(O)C(C)(C)C)on1. The van der Waals surface area contributed by atoms with Crippen LogP contribution >= 0.6 is 0 Å². The number of nitrogens with zero attached hydrogens (tertiary/aromatic N) is 1. The Hall–Kier alpha value is -1.36. The van der Waals surface area contributed by atoms with E-state index in [4.69, 9.17) is 4.52 Å². The van der Waals surface area contributed by atoms with E-state index >= 15 is 0 Å². The van der Waals surface area contributed by atoms with Crippen molar-refractivity contribution in [3.8, 4) is 0 Å². The van der Waals surface area contributed by atoms with Crippen molar-refractivity contribution in [1.82, 2.24) is 10.5 Å². The summed E-state index contributed by atoms with van der Waals surface area (Å²) in [6.07, 6.45) is 0.337. The minimum atomic E-state index is -0.603. The molecular formula is C14H24N2O3. The summed E-state index contributed by atoms with van der Waals surface area (Å²) in [5.74, 6) is 0.118. The van der Waals surface area contributed by atoms with E-state index < -0.39 is 6.10 Å². The van der Waals surface area contributed by atoms with Crippen molar-refractivity contribution in [2.75, 3.05) is 6.54 Å². The molecule has 0 saturated carbocycles. The number of nitrogens with one attached hydrogen (secondary N) is 1. The van der Waals surface area contributed by atoms with E-state index in [1.165, 1.54) is 0 Å². The lowest BCUT2D eigenvalue weighted by Crippen LogP contribution is -2.39. The van der Waals surface area contributed by atoms with Crippen LogP contribution in [0, 0.1) is 5.41 Å². The molecule has 108 valence electrons. The second-order valence-corrected chi connectivity index (χ2v) is 6.02. The number of aliphatic hydroxyl groups excluding tert-OH is 1. The highest BCUT2D eigenvalue weighted by molar-refractivity contribution is 5.91. The first kappa shape index (κ1) is 15.7. The molecule has 0 aliphatic rings. The first-order valence-electron chi connectivity index (χ1n) is 6.68. The van der Waals surface area contributed by atoms with Crippen molar-refractivity contribution >= 4 is 5.91 Å². The highest BCUT2D eigenvalue weighted by atomic mass is 16.5. The first-order chi connectivity index (χ1) is 8.75. The van der Waals surface area contributed by atoms with Crippen LogP contribution < -0.4 is 5.32 Å². The van der Waals surface area contributed by atoms with Gasteiger partial charge in [0.15, 0.2) is 0 Å². The molecule has 2 N–H and O–H groups in total. The zero-order valence-electron chi connectivity index (χ0n) is 12.4. The Kier molecular flexibility index (Phi) is 5.11. The molecule has 0 aliphatic carbocycles. The fraction of sp³-hybridized carbons (Fsp3) is 0.714. The maximum absolute atomic E-state index is 11.8. The average molecular weight is 268 g/mol. The third-order valence-corrected chi connectivity index (χ3v) is 3.33. The summed E-state index contributed by atoms with van der Waals surface area (Å²) in [7, 11) is 0. The Morgan fingerprint density at radius 3 is 2.68 bits per heavy atom. The van der Waals surface area contributed by atoms with Gasteiger partial charge < -0.3 is 14.9 Å². The normalized spacial score (nSPS) is 15.1. The van der Waals surface area contributed by atoms with Crippen LogP contribution in [0.2, 0.25) is 0 Å². The fourth-order valence-electron chi connectivity index (χ4n) is 1.42. The molecule has 19 heavy (non-hydrogen) atoms. The summed E-state index contributed by atoms with van der Waals surface area (Å²) in [6.45, 7) is 10.0. The summed E-state index contributed by atoms with van der Waals surface area (Å²) >= 11 is 0. The Bertz CT molecular complexity index is 421. The minimum absolute atomic E-state index is 0.191. The van der Waals surface area contributed by atoms with Gasteiger partial charge in [-0.05, 0) is 11.8 Å². The van der Waals surface area contributed by atoms with Gasteiger partial charge in [0, 0.05) is 18.5 Å². The predicted octanol–water partition coefficient (Wildman–Crippen LogP) is 2.32. The molecule has 2 atom stereocenters. The molecule has 5 nitrogen and oxygen atoms in total. The summed E-state index contributed by atoms with van der Waals surface area (Å²) in [4.78, 5) is 11.8. The monoisotopic (exact) mass is 268 g/mol. The van der Waals surface area contributed by atoms with Crippen LogP contribution in [0.15, 0.2) is 10.6 Å². The predicted molar refractivity (Wildman–Crippen MR) is 73.0 cm³/mol. The number of amides is 1. The van der Waals surface area contributed by atoms with E-state index in [1.54, 1.807) is 6.07 Å². The van der Waals surface area contributed by atoms with Crippen molar-refractivity contribution in [3.63, 3.8) is 0 Å². The number of aromatic nitrogens is 1. The van der Waals surface area contributed by atoms with E-state index in [2.05, 4.69) is 17.4 Å². The van der Waals surface area contributed by atoms with Crippen LogP contribution in [0.3, 0.4) is 0 Å². The Morgan fingerprint density at radius 2 is 2.16 bits per heavy atom. The van der Waals surface area contributed by atoms with Gasteiger partial charge in [-0.15, -0.1) is 0 Å². The van der Waals surface area contributed by atoms with E-state index in [-0.39, 0.29) is 29.5 Å². The van der Waals surface area contributed by atoms with Crippen LogP contribution in [-0.4, -0.2) is 28.8 Å². The number of hydrogen-bond acceptors (Lipinski definition) is 4. The molecular weight excluding hydrogens is 244 g/mol. The van der Waals surface area contributed by atoms with Gasteiger partial charge >= 0.3 is 0 Å². The van der Waals surface area contributed by atoms with Crippen LogP contribution in [0.5, 0.6) is 0 Å². The average Bonchev–Trinajstić information content (AvgIpc) is 2.82. The molecule has 0 aliphatic heterocycles. The first-order valence-corrected chi connectivity index (χ1v) is 6.68. The van der Waals surface area contributed by atoms with Gasteiger partial charge in [-0.25, -0.2) is 0 Å². The lowest BCUT2D eigenvalue weighted by molar-refractivity contribution is 0.0576. The largest absolute Gasteiger partial charge is 0.391 e.